The highest BCUT2D eigenvalue weighted by Crippen LogP contribution is 2.17. The number of carbonyl (C=O) groups is 1. The number of hydrogen-bond donors (Lipinski definition) is 0. The second-order valence-corrected chi connectivity index (χ2v) is 8.24. The minimum absolute atomic E-state index is 0.118. The van der Waals surface area contributed by atoms with Gasteiger partial charge in [-0.2, -0.15) is 4.31 Å². The first-order chi connectivity index (χ1) is 10.6. The van der Waals surface area contributed by atoms with E-state index in [1.165, 1.54) is 4.31 Å². The Morgan fingerprint density at radius 2 is 1.91 bits per heavy atom. The summed E-state index contributed by atoms with van der Waals surface area (Å²) in [5.74, 6) is 0.181. The summed E-state index contributed by atoms with van der Waals surface area (Å²) >= 11 is 0. The molecule has 0 aliphatic heterocycles. The first kappa shape index (κ1) is 19.6. The molecule has 6 heteroatoms. The molecule has 0 atom stereocenters. The molecule has 0 saturated carbocycles. The van der Waals surface area contributed by atoms with Gasteiger partial charge in [-0.15, -0.1) is 0 Å². The highest BCUT2D eigenvalue weighted by molar-refractivity contribution is 7.88. The number of nitrogens with zero attached hydrogens (tertiary/aromatic N) is 2. The van der Waals surface area contributed by atoms with Crippen molar-refractivity contribution in [3.8, 4) is 0 Å². The van der Waals surface area contributed by atoms with Gasteiger partial charge in [0.15, 0.2) is 0 Å². The number of aryl methyl sites for hydroxylation is 1. The molecule has 130 valence electrons. The first-order valence-electron chi connectivity index (χ1n) is 7.97. The number of likely N-dealkylation sites (N-methyl/N-ethyl adjacent to an activating group) is 1. The van der Waals surface area contributed by atoms with Crippen LogP contribution in [0, 0.1) is 12.8 Å². The lowest BCUT2D eigenvalue weighted by molar-refractivity contribution is -0.118. The van der Waals surface area contributed by atoms with E-state index in [4.69, 9.17) is 0 Å². The van der Waals surface area contributed by atoms with Crippen molar-refractivity contribution in [2.45, 2.75) is 34.1 Å². The maximum absolute atomic E-state index is 12.6. The average molecular weight is 340 g/mol. The Hall–Kier alpha value is -1.40. The van der Waals surface area contributed by atoms with Gasteiger partial charge in [-0.3, -0.25) is 4.79 Å². The summed E-state index contributed by atoms with van der Waals surface area (Å²) in [6.07, 6.45) is 1.89. The predicted molar refractivity (Wildman–Crippen MR) is 95.1 cm³/mol. The van der Waals surface area contributed by atoms with Gasteiger partial charge in [0.1, 0.15) is 0 Å². The predicted octanol–water partition coefficient (Wildman–Crippen LogP) is 2.66. The van der Waals surface area contributed by atoms with Gasteiger partial charge >= 0.3 is 0 Å². The van der Waals surface area contributed by atoms with Crippen LogP contribution in [0.2, 0.25) is 0 Å². The molecular formula is C17H28N2O3S. The Labute approximate surface area is 140 Å². The fourth-order valence-corrected chi connectivity index (χ4v) is 3.08. The number of rotatable bonds is 8. The van der Waals surface area contributed by atoms with Gasteiger partial charge < -0.3 is 4.90 Å². The highest BCUT2D eigenvalue weighted by Gasteiger charge is 2.23. The van der Waals surface area contributed by atoms with Crippen LogP contribution >= 0.6 is 0 Å². The monoisotopic (exact) mass is 340 g/mol. The minimum atomic E-state index is -3.40. The summed E-state index contributed by atoms with van der Waals surface area (Å²) in [4.78, 5) is 14.2. The lowest BCUT2D eigenvalue weighted by Gasteiger charge is -2.26. The average Bonchev–Trinajstić information content (AvgIpc) is 2.42. The fraction of sp³-hybridized carbons (Fsp3) is 0.588. The van der Waals surface area contributed by atoms with Crippen molar-refractivity contribution in [3.05, 3.63) is 29.8 Å². The molecule has 0 aliphatic rings. The van der Waals surface area contributed by atoms with Gasteiger partial charge in [0, 0.05) is 18.8 Å². The molecule has 0 aromatic heterocycles. The van der Waals surface area contributed by atoms with E-state index in [0.717, 1.165) is 23.9 Å². The standard InChI is InChI=1S/C17H28N2O3S/c1-6-19(16-9-7-8-15(4)12-16)17(20)13-18(23(5,21)22)11-10-14(2)3/h7-9,12,14H,6,10-11,13H2,1-5H3. The number of benzene rings is 1. The molecule has 0 spiro atoms. The molecule has 0 unspecified atom stereocenters. The molecule has 0 N–H and O–H groups in total. The Bertz CT molecular complexity index is 626. The number of anilines is 1. The fourth-order valence-electron chi connectivity index (χ4n) is 2.30. The van der Waals surface area contributed by atoms with Crippen LogP contribution in [0.3, 0.4) is 0 Å². The number of sulfonamides is 1. The summed E-state index contributed by atoms with van der Waals surface area (Å²) in [6, 6.07) is 7.66. The van der Waals surface area contributed by atoms with E-state index in [2.05, 4.69) is 0 Å². The van der Waals surface area contributed by atoms with Gasteiger partial charge in [0.2, 0.25) is 15.9 Å². The van der Waals surface area contributed by atoms with E-state index in [9.17, 15) is 13.2 Å². The Morgan fingerprint density at radius 1 is 1.26 bits per heavy atom. The van der Waals surface area contributed by atoms with Gasteiger partial charge in [0.25, 0.3) is 0 Å². The first-order valence-corrected chi connectivity index (χ1v) is 9.82. The molecule has 1 aromatic carbocycles. The van der Waals surface area contributed by atoms with Crippen LogP contribution in [0.25, 0.3) is 0 Å². The van der Waals surface area contributed by atoms with Crippen LogP contribution in [0.4, 0.5) is 5.69 Å². The van der Waals surface area contributed by atoms with E-state index in [1.807, 2.05) is 52.0 Å². The van der Waals surface area contributed by atoms with Crippen molar-refractivity contribution in [2.75, 3.05) is 30.8 Å². The Kier molecular flexibility index (Phi) is 7.22. The van der Waals surface area contributed by atoms with Crippen molar-refractivity contribution >= 4 is 21.6 Å². The van der Waals surface area contributed by atoms with Crippen molar-refractivity contribution in [2.24, 2.45) is 5.92 Å². The van der Waals surface area contributed by atoms with Crippen LogP contribution in [-0.2, 0) is 14.8 Å². The quantitative estimate of drug-likeness (QED) is 0.731. The van der Waals surface area contributed by atoms with E-state index >= 15 is 0 Å². The largest absolute Gasteiger partial charge is 0.312 e. The third-order valence-corrected chi connectivity index (χ3v) is 4.92. The zero-order valence-electron chi connectivity index (χ0n) is 14.7. The lowest BCUT2D eigenvalue weighted by atomic mass is 10.1. The number of hydrogen-bond acceptors (Lipinski definition) is 3. The third kappa shape index (κ3) is 6.31. The summed E-state index contributed by atoms with van der Waals surface area (Å²) in [5.41, 5.74) is 1.86. The van der Waals surface area contributed by atoms with Crippen LogP contribution in [-0.4, -0.2) is 44.5 Å². The van der Waals surface area contributed by atoms with E-state index in [1.54, 1.807) is 4.90 Å². The number of carbonyl (C=O) groups excluding carboxylic acids is 1. The van der Waals surface area contributed by atoms with Gasteiger partial charge in [-0.1, -0.05) is 26.0 Å². The second-order valence-electron chi connectivity index (χ2n) is 6.26. The minimum Gasteiger partial charge on any atom is -0.312 e. The topological polar surface area (TPSA) is 57.7 Å². The maximum Gasteiger partial charge on any atom is 0.242 e. The number of amides is 1. The molecule has 0 heterocycles. The second kappa shape index (κ2) is 8.45. The van der Waals surface area contributed by atoms with Gasteiger partial charge in [0.05, 0.1) is 12.8 Å². The summed E-state index contributed by atoms with van der Waals surface area (Å²) in [7, 11) is -3.40. The normalized spacial score (nSPS) is 12.0. The molecule has 0 aliphatic carbocycles. The molecule has 1 amide bonds. The SMILES string of the molecule is CCN(C(=O)CN(CCC(C)C)S(C)(=O)=O)c1cccc(C)c1. The molecule has 0 radical (unpaired) electrons. The molecule has 23 heavy (non-hydrogen) atoms. The van der Waals surface area contributed by atoms with Crippen LogP contribution < -0.4 is 4.90 Å². The zero-order chi connectivity index (χ0) is 17.6. The summed E-state index contributed by atoms with van der Waals surface area (Å²) in [6.45, 7) is 8.68. The maximum atomic E-state index is 12.6. The van der Waals surface area contributed by atoms with E-state index < -0.39 is 10.0 Å². The van der Waals surface area contributed by atoms with Crippen LogP contribution in [0.5, 0.6) is 0 Å². The van der Waals surface area contributed by atoms with Gasteiger partial charge in [-0.25, -0.2) is 8.42 Å². The molecule has 0 fully saturated rings. The molecular weight excluding hydrogens is 312 g/mol. The van der Waals surface area contributed by atoms with Crippen molar-refractivity contribution < 1.29 is 13.2 Å². The van der Waals surface area contributed by atoms with Crippen LogP contribution in [0.1, 0.15) is 32.8 Å². The molecule has 5 nitrogen and oxygen atoms in total. The van der Waals surface area contributed by atoms with Crippen molar-refractivity contribution in [3.63, 3.8) is 0 Å². The van der Waals surface area contributed by atoms with E-state index in [0.29, 0.717) is 19.0 Å². The van der Waals surface area contributed by atoms with E-state index in [-0.39, 0.29) is 12.5 Å². The summed E-state index contributed by atoms with van der Waals surface area (Å²) in [5, 5.41) is 0. The third-order valence-electron chi connectivity index (χ3n) is 3.67. The zero-order valence-corrected chi connectivity index (χ0v) is 15.6. The van der Waals surface area contributed by atoms with Crippen molar-refractivity contribution in [1.82, 2.24) is 4.31 Å². The Balaban J connectivity index is 2.91. The highest BCUT2D eigenvalue weighted by atomic mass is 32.2. The van der Waals surface area contributed by atoms with Crippen LogP contribution in [0.15, 0.2) is 24.3 Å². The molecule has 0 bridgehead atoms. The lowest BCUT2D eigenvalue weighted by Crippen LogP contribution is -2.43. The van der Waals surface area contributed by atoms with Gasteiger partial charge in [-0.05, 0) is 43.9 Å². The molecule has 0 saturated heterocycles. The Morgan fingerprint density at radius 3 is 2.39 bits per heavy atom. The summed E-state index contributed by atoms with van der Waals surface area (Å²) < 4.78 is 25.1. The molecule has 1 rings (SSSR count). The molecule has 1 aromatic rings. The smallest absolute Gasteiger partial charge is 0.242 e. The van der Waals surface area contributed by atoms with Crippen molar-refractivity contribution in [1.29, 1.82) is 0 Å².